The van der Waals surface area contributed by atoms with Gasteiger partial charge in [-0.25, -0.2) is 0 Å². The fraction of sp³-hybridized carbons (Fsp3) is 0.600. The predicted octanol–water partition coefficient (Wildman–Crippen LogP) is 2.66. The SMILES string of the molecule is COc1ccc(NC(=O)[C@@H]2CC[C@H](CN)O2)cc1NC(=O)C1CCCCC1. The Kier molecular flexibility index (Phi) is 6.68. The molecule has 0 aromatic heterocycles. The van der Waals surface area contributed by atoms with Crippen LogP contribution in [0.5, 0.6) is 5.75 Å². The Morgan fingerprint density at radius 1 is 1.11 bits per heavy atom. The standard InChI is InChI=1S/C20H29N3O4/c1-26-17-9-7-14(22-20(25)18-10-8-15(12-21)27-18)11-16(17)23-19(24)13-5-3-2-4-6-13/h7,9,11,13,15,18H,2-6,8,10,12,21H2,1H3,(H,22,25)(H,23,24)/t15-,18+/m1/s1. The number of rotatable bonds is 6. The first kappa shape index (κ1) is 19.6. The number of methoxy groups -OCH3 is 1. The summed E-state index contributed by atoms with van der Waals surface area (Å²) in [5, 5.41) is 5.83. The van der Waals surface area contributed by atoms with Crippen molar-refractivity contribution in [3.8, 4) is 5.75 Å². The van der Waals surface area contributed by atoms with E-state index in [1.54, 1.807) is 25.3 Å². The van der Waals surface area contributed by atoms with Gasteiger partial charge in [0, 0.05) is 18.2 Å². The van der Waals surface area contributed by atoms with Crippen LogP contribution in [0, 0.1) is 5.92 Å². The molecule has 0 spiro atoms. The van der Waals surface area contributed by atoms with E-state index in [4.69, 9.17) is 15.2 Å². The summed E-state index contributed by atoms with van der Waals surface area (Å²) in [4.78, 5) is 25.0. The lowest BCUT2D eigenvalue weighted by Gasteiger charge is -2.21. The zero-order valence-corrected chi connectivity index (χ0v) is 15.8. The Balaban J connectivity index is 1.65. The molecule has 1 aliphatic carbocycles. The number of ether oxygens (including phenoxy) is 2. The topological polar surface area (TPSA) is 103 Å². The lowest BCUT2D eigenvalue weighted by atomic mass is 9.88. The molecule has 1 aliphatic heterocycles. The molecule has 2 fully saturated rings. The fourth-order valence-corrected chi connectivity index (χ4v) is 3.78. The second-order valence-corrected chi connectivity index (χ2v) is 7.29. The van der Waals surface area contributed by atoms with Crippen molar-refractivity contribution in [1.29, 1.82) is 0 Å². The van der Waals surface area contributed by atoms with Crippen molar-refractivity contribution in [3.63, 3.8) is 0 Å². The quantitative estimate of drug-likeness (QED) is 0.709. The molecule has 148 valence electrons. The first-order valence-corrected chi connectivity index (χ1v) is 9.76. The Hall–Kier alpha value is -2.12. The number of amides is 2. The number of nitrogens with two attached hydrogens (primary N) is 1. The van der Waals surface area contributed by atoms with Crippen LogP contribution in [0.2, 0.25) is 0 Å². The largest absolute Gasteiger partial charge is 0.495 e. The summed E-state index contributed by atoms with van der Waals surface area (Å²) in [6.07, 6.45) is 6.14. The summed E-state index contributed by atoms with van der Waals surface area (Å²) in [6.45, 7) is 0.420. The number of carbonyl (C=O) groups is 2. The van der Waals surface area contributed by atoms with Crippen molar-refractivity contribution < 1.29 is 19.1 Å². The summed E-state index contributed by atoms with van der Waals surface area (Å²) in [5.74, 6) is 0.432. The maximum Gasteiger partial charge on any atom is 0.253 e. The second-order valence-electron chi connectivity index (χ2n) is 7.29. The van der Waals surface area contributed by atoms with E-state index in [9.17, 15) is 9.59 Å². The number of hydrogen-bond donors (Lipinski definition) is 3. The van der Waals surface area contributed by atoms with Crippen LogP contribution in [0.25, 0.3) is 0 Å². The summed E-state index contributed by atoms with van der Waals surface area (Å²) in [7, 11) is 1.56. The Morgan fingerprint density at radius 3 is 2.56 bits per heavy atom. The van der Waals surface area contributed by atoms with E-state index in [-0.39, 0.29) is 23.8 Å². The molecule has 27 heavy (non-hydrogen) atoms. The summed E-state index contributed by atoms with van der Waals surface area (Å²) in [5.41, 5.74) is 6.76. The normalized spacial score (nSPS) is 23.0. The van der Waals surface area contributed by atoms with Crippen LogP contribution in [-0.4, -0.2) is 37.7 Å². The Labute approximate surface area is 160 Å². The van der Waals surface area contributed by atoms with Gasteiger partial charge in [0.05, 0.1) is 18.9 Å². The van der Waals surface area contributed by atoms with Gasteiger partial charge in [0.15, 0.2) is 0 Å². The molecular formula is C20H29N3O4. The Morgan fingerprint density at radius 2 is 1.89 bits per heavy atom. The summed E-state index contributed by atoms with van der Waals surface area (Å²) < 4.78 is 11.0. The van der Waals surface area contributed by atoms with Gasteiger partial charge in [-0.3, -0.25) is 9.59 Å². The Bertz CT molecular complexity index is 673. The van der Waals surface area contributed by atoms with Crippen molar-refractivity contribution in [2.75, 3.05) is 24.3 Å². The van der Waals surface area contributed by atoms with Gasteiger partial charge in [-0.05, 0) is 43.9 Å². The molecule has 0 bridgehead atoms. The summed E-state index contributed by atoms with van der Waals surface area (Å²) in [6, 6.07) is 5.22. The highest BCUT2D eigenvalue weighted by Gasteiger charge is 2.30. The average molecular weight is 375 g/mol. The zero-order valence-electron chi connectivity index (χ0n) is 15.8. The lowest BCUT2D eigenvalue weighted by Crippen LogP contribution is -2.30. The maximum absolute atomic E-state index is 12.6. The zero-order chi connectivity index (χ0) is 19.2. The molecule has 2 aliphatic rings. The minimum atomic E-state index is -0.485. The van der Waals surface area contributed by atoms with Gasteiger partial charge >= 0.3 is 0 Å². The van der Waals surface area contributed by atoms with E-state index in [1.165, 1.54) is 6.42 Å². The van der Waals surface area contributed by atoms with Gasteiger partial charge in [0.25, 0.3) is 5.91 Å². The minimum Gasteiger partial charge on any atom is -0.495 e. The van der Waals surface area contributed by atoms with Crippen LogP contribution in [0.15, 0.2) is 18.2 Å². The highest BCUT2D eigenvalue weighted by atomic mass is 16.5. The number of benzene rings is 1. The molecule has 1 aromatic carbocycles. The number of carbonyl (C=O) groups excluding carboxylic acids is 2. The van der Waals surface area contributed by atoms with Gasteiger partial charge in [0.2, 0.25) is 5.91 Å². The van der Waals surface area contributed by atoms with Gasteiger partial charge in [-0.1, -0.05) is 19.3 Å². The van der Waals surface area contributed by atoms with E-state index in [0.29, 0.717) is 30.1 Å². The van der Waals surface area contributed by atoms with Crippen molar-refractivity contribution >= 4 is 23.2 Å². The highest BCUT2D eigenvalue weighted by Crippen LogP contribution is 2.31. The van der Waals surface area contributed by atoms with Crippen molar-refractivity contribution in [2.45, 2.75) is 57.2 Å². The van der Waals surface area contributed by atoms with E-state index in [0.717, 1.165) is 32.1 Å². The van der Waals surface area contributed by atoms with Crippen molar-refractivity contribution in [1.82, 2.24) is 0 Å². The third-order valence-corrected chi connectivity index (χ3v) is 5.36. The summed E-state index contributed by atoms with van der Waals surface area (Å²) >= 11 is 0. The molecule has 1 saturated heterocycles. The van der Waals surface area contributed by atoms with E-state index in [2.05, 4.69) is 10.6 Å². The first-order chi connectivity index (χ1) is 13.1. The number of hydrogen-bond acceptors (Lipinski definition) is 5. The molecule has 0 radical (unpaired) electrons. The maximum atomic E-state index is 12.6. The third-order valence-electron chi connectivity index (χ3n) is 5.36. The molecule has 7 nitrogen and oxygen atoms in total. The molecular weight excluding hydrogens is 346 g/mol. The molecule has 1 aromatic rings. The predicted molar refractivity (Wildman–Crippen MR) is 104 cm³/mol. The highest BCUT2D eigenvalue weighted by molar-refractivity contribution is 5.97. The average Bonchev–Trinajstić information content (AvgIpc) is 3.18. The van der Waals surface area contributed by atoms with Crippen molar-refractivity contribution in [3.05, 3.63) is 18.2 Å². The van der Waals surface area contributed by atoms with Crippen LogP contribution >= 0.6 is 0 Å². The van der Waals surface area contributed by atoms with Gasteiger partial charge < -0.3 is 25.8 Å². The van der Waals surface area contributed by atoms with Crippen LogP contribution in [0.4, 0.5) is 11.4 Å². The molecule has 1 saturated carbocycles. The molecule has 1 heterocycles. The minimum absolute atomic E-state index is 0.0152. The number of anilines is 2. The molecule has 2 amide bonds. The third kappa shape index (κ3) is 4.99. The second kappa shape index (κ2) is 9.19. The molecule has 7 heteroatoms. The van der Waals surface area contributed by atoms with Crippen LogP contribution in [0.3, 0.4) is 0 Å². The van der Waals surface area contributed by atoms with Crippen LogP contribution in [-0.2, 0) is 14.3 Å². The first-order valence-electron chi connectivity index (χ1n) is 9.76. The van der Waals surface area contributed by atoms with Gasteiger partial charge in [-0.15, -0.1) is 0 Å². The molecule has 0 unspecified atom stereocenters. The van der Waals surface area contributed by atoms with Gasteiger partial charge in [-0.2, -0.15) is 0 Å². The van der Waals surface area contributed by atoms with Crippen LogP contribution < -0.4 is 21.1 Å². The monoisotopic (exact) mass is 375 g/mol. The molecule has 4 N–H and O–H groups in total. The fourth-order valence-electron chi connectivity index (χ4n) is 3.78. The lowest BCUT2D eigenvalue weighted by molar-refractivity contribution is -0.126. The number of nitrogens with one attached hydrogen (secondary N) is 2. The van der Waals surface area contributed by atoms with E-state index in [1.807, 2.05) is 0 Å². The van der Waals surface area contributed by atoms with E-state index >= 15 is 0 Å². The van der Waals surface area contributed by atoms with Gasteiger partial charge in [0.1, 0.15) is 11.9 Å². The smallest absolute Gasteiger partial charge is 0.253 e. The molecule has 2 atom stereocenters. The van der Waals surface area contributed by atoms with Crippen LogP contribution in [0.1, 0.15) is 44.9 Å². The molecule has 3 rings (SSSR count). The van der Waals surface area contributed by atoms with Crippen molar-refractivity contribution in [2.24, 2.45) is 11.7 Å². The van der Waals surface area contributed by atoms with E-state index < -0.39 is 6.10 Å².